The van der Waals surface area contributed by atoms with E-state index in [0.717, 1.165) is 16.8 Å². The van der Waals surface area contributed by atoms with E-state index in [-0.39, 0.29) is 11.8 Å². The maximum atomic E-state index is 11.6. The van der Waals surface area contributed by atoms with Crippen molar-refractivity contribution in [1.29, 1.82) is 0 Å². The van der Waals surface area contributed by atoms with Crippen LogP contribution in [0.2, 0.25) is 0 Å². The summed E-state index contributed by atoms with van der Waals surface area (Å²) in [6, 6.07) is 18.3. The quantitative estimate of drug-likeness (QED) is 0.327. The van der Waals surface area contributed by atoms with Crippen molar-refractivity contribution in [3.05, 3.63) is 54.6 Å². The molecule has 7 N–H and O–H groups in total. The number of nitrogens with one attached hydrogen (secondary N) is 2. The third kappa shape index (κ3) is 5.83. The SMILES string of the molecule is N[C@H](C[C@H](CCNc1ccc(-c2ccccc2)cc1)C1CNCC1C(=O)O)B(O)O. The number of benzene rings is 2. The molecule has 1 aliphatic heterocycles. The number of nitrogens with two attached hydrogens (primary N) is 1. The molecule has 3 rings (SSSR count). The molecule has 0 aliphatic carbocycles. The van der Waals surface area contributed by atoms with Gasteiger partial charge in [0.25, 0.3) is 0 Å². The highest BCUT2D eigenvalue weighted by atomic mass is 16.4. The summed E-state index contributed by atoms with van der Waals surface area (Å²) < 4.78 is 0. The number of hydrogen-bond donors (Lipinski definition) is 6. The molecule has 30 heavy (non-hydrogen) atoms. The molecule has 2 unspecified atom stereocenters. The van der Waals surface area contributed by atoms with Gasteiger partial charge in [-0.3, -0.25) is 4.79 Å². The van der Waals surface area contributed by atoms with Gasteiger partial charge in [-0.1, -0.05) is 42.5 Å². The van der Waals surface area contributed by atoms with Gasteiger partial charge in [0.2, 0.25) is 0 Å². The number of carbonyl (C=O) groups is 1. The number of anilines is 1. The summed E-state index contributed by atoms with van der Waals surface area (Å²) in [4.78, 5) is 11.6. The lowest BCUT2D eigenvalue weighted by molar-refractivity contribution is -0.143. The molecule has 1 heterocycles. The van der Waals surface area contributed by atoms with E-state index in [2.05, 4.69) is 34.9 Å². The molecule has 2 aromatic rings. The van der Waals surface area contributed by atoms with Crippen LogP contribution >= 0.6 is 0 Å². The van der Waals surface area contributed by atoms with Gasteiger partial charge in [-0.15, -0.1) is 0 Å². The highest BCUT2D eigenvalue weighted by molar-refractivity contribution is 6.43. The van der Waals surface area contributed by atoms with Crippen LogP contribution < -0.4 is 16.4 Å². The van der Waals surface area contributed by atoms with Crippen LogP contribution in [0, 0.1) is 17.8 Å². The Morgan fingerprint density at radius 3 is 2.40 bits per heavy atom. The second kappa shape index (κ2) is 10.6. The standard InChI is InChI=1S/C22H30BN3O4/c24-21(23(29)30)12-17(19-13-25-14-20(19)22(27)28)10-11-26-18-8-6-16(7-9-18)15-4-2-1-3-5-15/h1-9,17,19-21,25-26,29-30H,10-14,24H2,(H,27,28)/t17-,19?,20?,21+/m0/s1. The number of rotatable bonds is 10. The van der Waals surface area contributed by atoms with E-state index in [4.69, 9.17) is 5.73 Å². The maximum absolute atomic E-state index is 11.6. The monoisotopic (exact) mass is 411 g/mol. The molecule has 160 valence electrons. The van der Waals surface area contributed by atoms with Crippen molar-refractivity contribution in [1.82, 2.24) is 5.32 Å². The van der Waals surface area contributed by atoms with Gasteiger partial charge in [0.15, 0.2) is 0 Å². The first kappa shape index (κ1) is 22.3. The zero-order valence-electron chi connectivity index (χ0n) is 16.9. The highest BCUT2D eigenvalue weighted by Crippen LogP contribution is 2.31. The van der Waals surface area contributed by atoms with Gasteiger partial charge in [-0.25, -0.2) is 0 Å². The van der Waals surface area contributed by atoms with Gasteiger partial charge in [0.05, 0.1) is 5.92 Å². The summed E-state index contributed by atoms with van der Waals surface area (Å²) in [5, 5.41) is 34.8. The third-order valence-electron chi connectivity index (χ3n) is 5.98. The Hall–Kier alpha value is -2.39. The smallest absolute Gasteiger partial charge is 0.469 e. The molecule has 4 atom stereocenters. The molecule has 2 aromatic carbocycles. The van der Waals surface area contributed by atoms with Crippen LogP contribution in [0.4, 0.5) is 5.69 Å². The van der Waals surface area contributed by atoms with E-state index in [0.29, 0.717) is 32.5 Å². The van der Waals surface area contributed by atoms with Crippen molar-refractivity contribution < 1.29 is 19.9 Å². The first-order valence-electron chi connectivity index (χ1n) is 10.4. The second-order valence-corrected chi connectivity index (χ2v) is 8.00. The molecule has 1 aliphatic rings. The summed E-state index contributed by atoms with van der Waals surface area (Å²) in [6.45, 7) is 1.68. The number of aliphatic carboxylic acids is 1. The lowest BCUT2D eigenvalue weighted by Crippen LogP contribution is -2.43. The van der Waals surface area contributed by atoms with Crippen molar-refractivity contribution in [3.63, 3.8) is 0 Å². The molecule has 0 amide bonds. The minimum Gasteiger partial charge on any atom is -0.481 e. The van der Waals surface area contributed by atoms with Crippen molar-refractivity contribution >= 4 is 18.8 Å². The fourth-order valence-corrected chi connectivity index (χ4v) is 4.26. The number of carboxylic acids is 1. The largest absolute Gasteiger partial charge is 0.481 e. The summed E-state index contributed by atoms with van der Waals surface area (Å²) in [5.74, 6) is -2.22. The van der Waals surface area contributed by atoms with E-state index >= 15 is 0 Å². The zero-order chi connectivity index (χ0) is 21.5. The van der Waals surface area contributed by atoms with Crippen LogP contribution in [0.25, 0.3) is 11.1 Å². The van der Waals surface area contributed by atoms with Crippen molar-refractivity contribution in [2.45, 2.75) is 18.8 Å². The van der Waals surface area contributed by atoms with Crippen LogP contribution in [0.3, 0.4) is 0 Å². The van der Waals surface area contributed by atoms with E-state index < -0.39 is 24.9 Å². The van der Waals surface area contributed by atoms with Crippen LogP contribution in [0.1, 0.15) is 12.8 Å². The Balaban J connectivity index is 1.60. The summed E-state index contributed by atoms with van der Waals surface area (Å²) in [7, 11) is -1.61. The predicted octanol–water partition coefficient (Wildman–Crippen LogP) is 1.42. The Kier molecular flexibility index (Phi) is 7.87. The summed E-state index contributed by atoms with van der Waals surface area (Å²) >= 11 is 0. The normalized spacial score (nSPS) is 20.5. The molecule has 0 saturated carbocycles. The maximum Gasteiger partial charge on any atom is 0.469 e. The predicted molar refractivity (Wildman–Crippen MR) is 119 cm³/mol. The fraction of sp³-hybridized carbons (Fsp3) is 0.409. The molecule has 0 aromatic heterocycles. The van der Waals surface area contributed by atoms with Gasteiger partial charge < -0.3 is 31.5 Å². The molecule has 8 heteroatoms. The zero-order valence-corrected chi connectivity index (χ0v) is 16.9. The Morgan fingerprint density at radius 2 is 1.77 bits per heavy atom. The van der Waals surface area contributed by atoms with Crippen LogP contribution in [0.5, 0.6) is 0 Å². The van der Waals surface area contributed by atoms with Crippen LogP contribution in [-0.4, -0.2) is 53.8 Å². The summed E-state index contributed by atoms with van der Waals surface area (Å²) in [5.41, 5.74) is 9.16. The molecule has 1 saturated heterocycles. The molecule has 0 spiro atoms. The van der Waals surface area contributed by atoms with Gasteiger partial charge >= 0.3 is 13.1 Å². The van der Waals surface area contributed by atoms with Gasteiger partial charge in [0, 0.05) is 24.7 Å². The van der Waals surface area contributed by atoms with E-state index in [9.17, 15) is 19.9 Å². The Labute approximate surface area is 177 Å². The topological polar surface area (TPSA) is 128 Å². The molecule has 0 bridgehead atoms. The third-order valence-corrected chi connectivity index (χ3v) is 5.98. The van der Waals surface area contributed by atoms with Crippen molar-refractivity contribution in [2.75, 3.05) is 25.0 Å². The molecular formula is C22H30BN3O4. The van der Waals surface area contributed by atoms with E-state index in [1.807, 2.05) is 30.3 Å². The van der Waals surface area contributed by atoms with Crippen LogP contribution in [-0.2, 0) is 4.79 Å². The minimum atomic E-state index is -1.61. The lowest BCUT2D eigenvalue weighted by atomic mass is 9.70. The van der Waals surface area contributed by atoms with Gasteiger partial charge in [-0.2, -0.15) is 0 Å². The average Bonchev–Trinajstić information content (AvgIpc) is 3.24. The van der Waals surface area contributed by atoms with Crippen LogP contribution in [0.15, 0.2) is 54.6 Å². The lowest BCUT2D eigenvalue weighted by Gasteiger charge is -2.28. The fourth-order valence-electron chi connectivity index (χ4n) is 4.26. The molecule has 7 nitrogen and oxygen atoms in total. The second-order valence-electron chi connectivity index (χ2n) is 8.00. The highest BCUT2D eigenvalue weighted by Gasteiger charge is 2.39. The number of carboxylic acid groups (broad SMARTS) is 1. The molecule has 0 radical (unpaired) electrons. The Bertz CT molecular complexity index is 804. The van der Waals surface area contributed by atoms with Crippen molar-refractivity contribution in [3.8, 4) is 11.1 Å². The first-order chi connectivity index (χ1) is 14.5. The minimum absolute atomic E-state index is 0.0333. The molecule has 1 fully saturated rings. The Morgan fingerprint density at radius 1 is 1.10 bits per heavy atom. The van der Waals surface area contributed by atoms with Crippen molar-refractivity contribution in [2.24, 2.45) is 23.5 Å². The van der Waals surface area contributed by atoms with Gasteiger partial charge in [-0.05, 0) is 54.5 Å². The molecular weight excluding hydrogens is 381 g/mol. The number of hydrogen-bond acceptors (Lipinski definition) is 6. The first-order valence-corrected chi connectivity index (χ1v) is 10.4. The van der Waals surface area contributed by atoms with E-state index in [1.165, 1.54) is 0 Å². The average molecular weight is 411 g/mol. The summed E-state index contributed by atoms with van der Waals surface area (Å²) in [6.07, 6.45) is 1.05. The van der Waals surface area contributed by atoms with E-state index in [1.54, 1.807) is 0 Å². The van der Waals surface area contributed by atoms with Gasteiger partial charge in [0.1, 0.15) is 0 Å².